The predicted octanol–water partition coefficient (Wildman–Crippen LogP) is 3.16. The molecule has 1 aromatic rings. The van der Waals surface area contributed by atoms with Crippen molar-refractivity contribution >= 4 is 18.4 Å². The summed E-state index contributed by atoms with van der Waals surface area (Å²) in [6.45, 7) is 2.56. The number of benzene rings is 1. The molecule has 0 bridgehead atoms. The fraction of sp³-hybridized carbons (Fsp3) is 0.462. The SMILES string of the molecule is Cc1cc(F)ccc1C1CCCCN1C(N)=O.Cl. The second-order valence-corrected chi connectivity index (χ2v) is 4.54. The van der Waals surface area contributed by atoms with Gasteiger partial charge in [0.15, 0.2) is 0 Å². The molecule has 1 atom stereocenters. The van der Waals surface area contributed by atoms with Gasteiger partial charge in [0.05, 0.1) is 6.04 Å². The number of rotatable bonds is 1. The highest BCUT2D eigenvalue weighted by Gasteiger charge is 2.27. The Hall–Kier alpha value is -1.29. The highest BCUT2D eigenvalue weighted by Crippen LogP contribution is 2.32. The molecular weight excluding hydrogens is 255 g/mol. The van der Waals surface area contributed by atoms with Crippen molar-refractivity contribution in [2.75, 3.05) is 6.54 Å². The Morgan fingerprint density at radius 1 is 1.44 bits per heavy atom. The van der Waals surface area contributed by atoms with E-state index in [1.54, 1.807) is 11.0 Å². The first-order valence-electron chi connectivity index (χ1n) is 5.91. The van der Waals surface area contributed by atoms with Crippen molar-refractivity contribution < 1.29 is 9.18 Å². The molecule has 2 rings (SSSR count). The molecule has 0 saturated carbocycles. The monoisotopic (exact) mass is 272 g/mol. The molecule has 0 aliphatic carbocycles. The fourth-order valence-corrected chi connectivity index (χ4v) is 2.53. The van der Waals surface area contributed by atoms with Gasteiger partial charge in [-0.2, -0.15) is 0 Å². The third kappa shape index (κ3) is 2.93. The number of primary amides is 1. The number of hydrogen-bond donors (Lipinski definition) is 1. The second kappa shape index (κ2) is 6.05. The minimum atomic E-state index is -0.390. The topological polar surface area (TPSA) is 46.3 Å². The van der Waals surface area contributed by atoms with Crippen molar-refractivity contribution in [2.45, 2.75) is 32.2 Å². The lowest BCUT2D eigenvalue weighted by atomic mass is 9.92. The lowest BCUT2D eigenvalue weighted by Crippen LogP contribution is -2.42. The van der Waals surface area contributed by atoms with E-state index >= 15 is 0 Å². The first-order valence-corrected chi connectivity index (χ1v) is 5.91. The van der Waals surface area contributed by atoms with Crippen LogP contribution in [0.2, 0.25) is 0 Å². The predicted molar refractivity (Wildman–Crippen MR) is 71.3 cm³/mol. The molecule has 3 nitrogen and oxygen atoms in total. The van der Waals surface area contributed by atoms with Gasteiger partial charge in [-0.05, 0) is 49.4 Å². The van der Waals surface area contributed by atoms with Gasteiger partial charge in [0, 0.05) is 6.54 Å². The van der Waals surface area contributed by atoms with E-state index < -0.39 is 6.03 Å². The van der Waals surface area contributed by atoms with Crippen LogP contribution in [0.1, 0.15) is 36.4 Å². The lowest BCUT2D eigenvalue weighted by Gasteiger charge is -2.35. The van der Waals surface area contributed by atoms with Crippen LogP contribution in [0.5, 0.6) is 0 Å². The Kier molecular flexibility index (Phi) is 4.96. The minimum absolute atomic E-state index is 0. The van der Waals surface area contributed by atoms with Crippen LogP contribution in [-0.4, -0.2) is 17.5 Å². The van der Waals surface area contributed by atoms with Crippen LogP contribution >= 0.6 is 12.4 Å². The van der Waals surface area contributed by atoms with Crippen molar-refractivity contribution in [3.8, 4) is 0 Å². The van der Waals surface area contributed by atoms with Crippen LogP contribution in [0, 0.1) is 12.7 Å². The fourth-order valence-electron chi connectivity index (χ4n) is 2.53. The van der Waals surface area contributed by atoms with E-state index in [4.69, 9.17) is 5.73 Å². The van der Waals surface area contributed by atoms with Crippen LogP contribution in [0.4, 0.5) is 9.18 Å². The van der Waals surface area contributed by atoms with Crippen LogP contribution in [-0.2, 0) is 0 Å². The number of carbonyl (C=O) groups is 1. The van der Waals surface area contributed by atoms with Crippen molar-refractivity contribution in [2.24, 2.45) is 5.73 Å². The van der Waals surface area contributed by atoms with Crippen molar-refractivity contribution in [3.63, 3.8) is 0 Å². The molecule has 5 heteroatoms. The third-order valence-corrected chi connectivity index (χ3v) is 3.38. The van der Waals surface area contributed by atoms with E-state index in [1.165, 1.54) is 12.1 Å². The Balaban J connectivity index is 0.00000162. The number of nitrogens with zero attached hydrogens (tertiary/aromatic N) is 1. The number of nitrogens with two attached hydrogens (primary N) is 1. The molecule has 100 valence electrons. The Morgan fingerprint density at radius 3 is 2.78 bits per heavy atom. The summed E-state index contributed by atoms with van der Waals surface area (Å²) in [6.07, 6.45) is 2.96. The maximum atomic E-state index is 13.1. The number of urea groups is 1. The molecule has 0 spiro atoms. The molecule has 0 radical (unpaired) electrons. The maximum Gasteiger partial charge on any atom is 0.315 e. The molecule has 1 unspecified atom stereocenters. The van der Waals surface area contributed by atoms with Crippen LogP contribution in [0.3, 0.4) is 0 Å². The smallest absolute Gasteiger partial charge is 0.315 e. The minimum Gasteiger partial charge on any atom is -0.351 e. The Labute approximate surface area is 113 Å². The van der Waals surface area contributed by atoms with E-state index in [2.05, 4.69) is 0 Å². The zero-order valence-electron chi connectivity index (χ0n) is 10.4. The summed E-state index contributed by atoms with van der Waals surface area (Å²) in [7, 11) is 0. The lowest BCUT2D eigenvalue weighted by molar-refractivity contribution is 0.159. The molecule has 1 fully saturated rings. The number of carbonyl (C=O) groups excluding carboxylic acids is 1. The van der Waals surface area contributed by atoms with Gasteiger partial charge in [-0.3, -0.25) is 0 Å². The summed E-state index contributed by atoms with van der Waals surface area (Å²) in [4.78, 5) is 13.1. The summed E-state index contributed by atoms with van der Waals surface area (Å²) >= 11 is 0. The molecule has 18 heavy (non-hydrogen) atoms. The molecule has 1 aromatic carbocycles. The van der Waals surface area contributed by atoms with Gasteiger partial charge in [0.25, 0.3) is 0 Å². The van der Waals surface area contributed by atoms with Gasteiger partial charge in [0.2, 0.25) is 0 Å². The standard InChI is InChI=1S/C13H17FN2O.ClH/c1-9-8-10(14)5-6-11(9)12-4-2-3-7-16(12)13(15)17;/h5-6,8,12H,2-4,7H2,1H3,(H2,15,17);1H. The number of halogens is 2. The molecule has 2 amide bonds. The van der Waals surface area contributed by atoms with Gasteiger partial charge in [-0.1, -0.05) is 6.07 Å². The molecule has 1 heterocycles. The number of aryl methyl sites for hydroxylation is 1. The highest BCUT2D eigenvalue weighted by molar-refractivity contribution is 5.85. The Bertz CT molecular complexity index is 439. The number of likely N-dealkylation sites (tertiary alicyclic amines) is 1. The quantitative estimate of drug-likeness (QED) is 0.839. The molecule has 1 aliphatic heterocycles. The number of piperidine rings is 1. The van der Waals surface area contributed by atoms with Crippen LogP contribution in [0.15, 0.2) is 18.2 Å². The molecule has 1 saturated heterocycles. The van der Waals surface area contributed by atoms with E-state index in [-0.39, 0.29) is 24.3 Å². The average Bonchev–Trinajstić information content (AvgIpc) is 2.29. The first-order chi connectivity index (χ1) is 8.09. The normalized spacial score (nSPS) is 19.2. The zero-order valence-corrected chi connectivity index (χ0v) is 11.2. The second-order valence-electron chi connectivity index (χ2n) is 4.54. The van der Waals surface area contributed by atoms with Gasteiger partial charge in [-0.25, -0.2) is 9.18 Å². The molecular formula is C13H18ClFN2O. The van der Waals surface area contributed by atoms with E-state index in [9.17, 15) is 9.18 Å². The van der Waals surface area contributed by atoms with E-state index in [0.717, 1.165) is 30.4 Å². The van der Waals surface area contributed by atoms with Gasteiger partial charge < -0.3 is 10.6 Å². The molecule has 2 N–H and O–H groups in total. The summed E-state index contributed by atoms with van der Waals surface area (Å²) in [6, 6.07) is 4.32. The van der Waals surface area contributed by atoms with Crippen LogP contribution < -0.4 is 5.73 Å². The summed E-state index contributed by atoms with van der Waals surface area (Å²) in [5.41, 5.74) is 7.27. The summed E-state index contributed by atoms with van der Waals surface area (Å²) in [5.74, 6) is -0.243. The Morgan fingerprint density at radius 2 is 2.17 bits per heavy atom. The average molecular weight is 273 g/mol. The summed E-state index contributed by atoms with van der Waals surface area (Å²) in [5, 5.41) is 0. The van der Waals surface area contributed by atoms with Gasteiger partial charge in [0.1, 0.15) is 5.82 Å². The summed E-state index contributed by atoms with van der Waals surface area (Å²) < 4.78 is 13.1. The maximum absolute atomic E-state index is 13.1. The van der Waals surface area contributed by atoms with Crippen molar-refractivity contribution in [3.05, 3.63) is 35.1 Å². The van der Waals surface area contributed by atoms with Gasteiger partial charge >= 0.3 is 6.03 Å². The van der Waals surface area contributed by atoms with Crippen molar-refractivity contribution in [1.29, 1.82) is 0 Å². The van der Waals surface area contributed by atoms with E-state index in [0.29, 0.717) is 6.54 Å². The number of amides is 2. The third-order valence-electron chi connectivity index (χ3n) is 3.38. The first kappa shape index (κ1) is 14.8. The van der Waals surface area contributed by atoms with Crippen LogP contribution in [0.25, 0.3) is 0 Å². The zero-order chi connectivity index (χ0) is 12.4. The van der Waals surface area contributed by atoms with Crippen molar-refractivity contribution in [1.82, 2.24) is 4.90 Å². The van der Waals surface area contributed by atoms with Gasteiger partial charge in [-0.15, -0.1) is 12.4 Å². The number of hydrogen-bond acceptors (Lipinski definition) is 1. The highest BCUT2D eigenvalue weighted by atomic mass is 35.5. The molecule has 1 aliphatic rings. The van der Waals surface area contributed by atoms with E-state index in [1.807, 2.05) is 6.92 Å². The largest absolute Gasteiger partial charge is 0.351 e. The molecule has 0 aromatic heterocycles.